The molecule has 0 aromatic rings. The molecule has 1 heteroatoms. The smallest absolute Gasteiger partial charge is 0.133 e. The van der Waals surface area contributed by atoms with Crippen LogP contribution < -0.4 is 0 Å². The standard InChI is InChI=1S/C11H18O/c1-7(12)10-8-4-5-11(2,3)6-9(8)10/h8-10H,4-6H2,1-3H3/t8-,9?,10?/m0/s1. The molecule has 0 aliphatic heterocycles. The first-order valence-corrected chi connectivity index (χ1v) is 5.02. The zero-order valence-corrected chi connectivity index (χ0v) is 8.26. The van der Waals surface area contributed by atoms with E-state index in [1.807, 2.05) is 0 Å². The molecule has 0 spiro atoms. The van der Waals surface area contributed by atoms with Crippen molar-refractivity contribution in [3.8, 4) is 0 Å². The first kappa shape index (κ1) is 8.28. The van der Waals surface area contributed by atoms with E-state index in [2.05, 4.69) is 13.8 Å². The molecule has 0 aromatic carbocycles. The molecule has 0 radical (unpaired) electrons. The van der Waals surface area contributed by atoms with Crippen molar-refractivity contribution in [3.63, 3.8) is 0 Å². The molecule has 3 atom stereocenters. The maximum Gasteiger partial charge on any atom is 0.133 e. The lowest BCUT2D eigenvalue weighted by Gasteiger charge is -2.28. The zero-order valence-electron chi connectivity index (χ0n) is 8.26. The van der Waals surface area contributed by atoms with Gasteiger partial charge in [-0.05, 0) is 43.4 Å². The van der Waals surface area contributed by atoms with Crippen LogP contribution >= 0.6 is 0 Å². The fourth-order valence-corrected chi connectivity index (χ4v) is 3.02. The first-order chi connectivity index (χ1) is 5.51. The Morgan fingerprint density at radius 2 is 2.00 bits per heavy atom. The average molecular weight is 166 g/mol. The predicted octanol–water partition coefficient (Wildman–Crippen LogP) is 2.65. The highest BCUT2D eigenvalue weighted by atomic mass is 16.1. The molecule has 2 aliphatic rings. The van der Waals surface area contributed by atoms with Crippen LogP contribution in [0.25, 0.3) is 0 Å². The zero-order chi connectivity index (χ0) is 8.93. The molecule has 0 heterocycles. The van der Waals surface area contributed by atoms with Gasteiger partial charge < -0.3 is 0 Å². The third-order valence-corrected chi connectivity index (χ3v) is 3.74. The highest BCUT2D eigenvalue weighted by Crippen LogP contribution is 2.60. The Kier molecular flexibility index (Phi) is 1.61. The number of Topliss-reactive ketones (excluding diaryl/α,β-unsaturated/α-hetero) is 1. The SMILES string of the molecule is CC(=O)C1C2CC(C)(C)CC[C@@H]21. The van der Waals surface area contributed by atoms with E-state index in [-0.39, 0.29) is 0 Å². The van der Waals surface area contributed by atoms with Crippen LogP contribution in [0.2, 0.25) is 0 Å². The summed E-state index contributed by atoms with van der Waals surface area (Å²) in [5, 5.41) is 0. The van der Waals surface area contributed by atoms with Crippen LogP contribution in [-0.4, -0.2) is 5.78 Å². The molecule has 2 rings (SSSR count). The van der Waals surface area contributed by atoms with E-state index in [1.54, 1.807) is 6.92 Å². The second kappa shape index (κ2) is 2.34. The van der Waals surface area contributed by atoms with Crippen molar-refractivity contribution >= 4 is 5.78 Å². The summed E-state index contributed by atoms with van der Waals surface area (Å²) in [6, 6.07) is 0. The van der Waals surface area contributed by atoms with Crippen LogP contribution in [0, 0.1) is 23.2 Å². The molecule has 0 bridgehead atoms. The van der Waals surface area contributed by atoms with Gasteiger partial charge in [0.2, 0.25) is 0 Å². The fourth-order valence-electron chi connectivity index (χ4n) is 3.02. The molecular formula is C11H18O. The van der Waals surface area contributed by atoms with Gasteiger partial charge >= 0.3 is 0 Å². The Labute approximate surface area is 74.5 Å². The van der Waals surface area contributed by atoms with Crippen LogP contribution in [0.1, 0.15) is 40.0 Å². The number of ketones is 1. The van der Waals surface area contributed by atoms with Crippen LogP contribution in [0.4, 0.5) is 0 Å². The summed E-state index contributed by atoms with van der Waals surface area (Å²) in [6.07, 6.45) is 3.89. The molecular weight excluding hydrogens is 148 g/mol. The van der Waals surface area contributed by atoms with Crippen molar-refractivity contribution in [2.75, 3.05) is 0 Å². The maximum absolute atomic E-state index is 11.2. The topological polar surface area (TPSA) is 17.1 Å². The molecule has 0 N–H and O–H groups in total. The van der Waals surface area contributed by atoms with E-state index in [0.717, 1.165) is 11.8 Å². The Morgan fingerprint density at radius 3 is 2.50 bits per heavy atom. The third-order valence-electron chi connectivity index (χ3n) is 3.74. The second-order valence-electron chi connectivity index (χ2n) is 5.37. The molecule has 68 valence electrons. The van der Waals surface area contributed by atoms with E-state index >= 15 is 0 Å². The minimum atomic E-state index is 0.433. The molecule has 2 fully saturated rings. The molecule has 0 aromatic heterocycles. The summed E-state index contributed by atoms with van der Waals surface area (Å²) in [4.78, 5) is 11.2. The average Bonchev–Trinajstić information content (AvgIpc) is 2.58. The molecule has 12 heavy (non-hydrogen) atoms. The van der Waals surface area contributed by atoms with Crippen LogP contribution in [0.15, 0.2) is 0 Å². The van der Waals surface area contributed by atoms with Gasteiger partial charge in [-0.25, -0.2) is 0 Å². The number of fused-ring (bicyclic) bond motifs is 1. The van der Waals surface area contributed by atoms with Crippen LogP contribution in [0.3, 0.4) is 0 Å². The van der Waals surface area contributed by atoms with Gasteiger partial charge in [0.15, 0.2) is 0 Å². The second-order valence-corrected chi connectivity index (χ2v) is 5.37. The Balaban J connectivity index is 2.02. The summed E-state index contributed by atoms with van der Waals surface area (Å²) >= 11 is 0. The lowest BCUT2D eigenvalue weighted by Crippen LogP contribution is -2.16. The van der Waals surface area contributed by atoms with Crippen molar-refractivity contribution < 1.29 is 4.79 Å². The van der Waals surface area contributed by atoms with Gasteiger partial charge in [-0.2, -0.15) is 0 Å². The number of carbonyl (C=O) groups is 1. The van der Waals surface area contributed by atoms with Gasteiger partial charge in [0.1, 0.15) is 5.78 Å². The number of hydrogen-bond acceptors (Lipinski definition) is 1. The predicted molar refractivity (Wildman–Crippen MR) is 48.8 cm³/mol. The largest absolute Gasteiger partial charge is 0.300 e. The van der Waals surface area contributed by atoms with E-state index in [9.17, 15) is 4.79 Å². The minimum Gasteiger partial charge on any atom is -0.300 e. The van der Waals surface area contributed by atoms with Crippen molar-refractivity contribution in [2.45, 2.75) is 40.0 Å². The Morgan fingerprint density at radius 1 is 1.33 bits per heavy atom. The Bertz CT molecular complexity index is 217. The number of hydrogen-bond donors (Lipinski definition) is 0. The monoisotopic (exact) mass is 166 g/mol. The normalized spacial score (nSPS) is 43.4. The van der Waals surface area contributed by atoms with Gasteiger partial charge in [-0.1, -0.05) is 13.8 Å². The number of carbonyl (C=O) groups excluding carboxylic acids is 1. The summed E-state index contributed by atoms with van der Waals surface area (Å²) in [5.74, 6) is 2.41. The highest BCUT2D eigenvalue weighted by Gasteiger charge is 2.56. The molecule has 0 saturated heterocycles. The van der Waals surface area contributed by atoms with Crippen molar-refractivity contribution in [1.82, 2.24) is 0 Å². The minimum absolute atomic E-state index is 0.433. The quantitative estimate of drug-likeness (QED) is 0.585. The lowest BCUT2D eigenvalue weighted by molar-refractivity contribution is -0.118. The molecule has 0 amide bonds. The van der Waals surface area contributed by atoms with Gasteiger partial charge in [0, 0.05) is 5.92 Å². The van der Waals surface area contributed by atoms with Crippen molar-refractivity contribution in [1.29, 1.82) is 0 Å². The van der Waals surface area contributed by atoms with Crippen molar-refractivity contribution in [3.05, 3.63) is 0 Å². The fraction of sp³-hybridized carbons (Fsp3) is 0.909. The first-order valence-electron chi connectivity index (χ1n) is 5.02. The number of rotatable bonds is 1. The molecule has 2 saturated carbocycles. The van der Waals surface area contributed by atoms with E-state index < -0.39 is 0 Å². The summed E-state index contributed by atoms with van der Waals surface area (Å²) < 4.78 is 0. The van der Waals surface area contributed by atoms with E-state index in [4.69, 9.17) is 0 Å². The van der Waals surface area contributed by atoms with Crippen LogP contribution in [-0.2, 0) is 4.79 Å². The van der Waals surface area contributed by atoms with Gasteiger partial charge in [-0.3, -0.25) is 4.79 Å². The summed E-state index contributed by atoms with van der Waals surface area (Å²) in [5.41, 5.74) is 0.505. The maximum atomic E-state index is 11.2. The summed E-state index contributed by atoms with van der Waals surface area (Å²) in [7, 11) is 0. The van der Waals surface area contributed by atoms with Gasteiger partial charge in [-0.15, -0.1) is 0 Å². The molecule has 1 nitrogen and oxygen atoms in total. The van der Waals surface area contributed by atoms with Gasteiger partial charge in [0.25, 0.3) is 0 Å². The Hall–Kier alpha value is -0.330. The molecule has 2 unspecified atom stereocenters. The summed E-state index contributed by atoms with van der Waals surface area (Å²) in [6.45, 7) is 6.42. The third kappa shape index (κ3) is 1.19. The van der Waals surface area contributed by atoms with Crippen LogP contribution in [0.5, 0.6) is 0 Å². The highest BCUT2D eigenvalue weighted by molar-refractivity contribution is 5.82. The van der Waals surface area contributed by atoms with E-state index in [0.29, 0.717) is 17.1 Å². The molecule has 2 aliphatic carbocycles. The van der Waals surface area contributed by atoms with E-state index in [1.165, 1.54) is 19.3 Å². The van der Waals surface area contributed by atoms with Crippen molar-refractivity contribution in [2.24, 2.45) is 23.2 Å². The lowest BCUT2D eigenvalue weighted by atomic mass is 9.78. The van der Waals surface area contributed by atoms with Gasteiger partial charge in [0.05, 0.1) is 0 Å².